The number of hydrogen-bond donors (Lipinski definition) is 1. The molecule has 1 N–H and O–H groups in total. The summed E-state index contributed by atoms with van der Waals surface area (Å²) in [5.41, 5.74) is 1.94. The number of aromatic hydroxyl groups is 1. The molecule has 4 aromatic rings. The molecule has 0 radical (unpaired) electrons. The lowest BCUT2D eigenvalue weighted by atomic mass is 10.2. The summed E-state index contributed by atoms with van der Waals surface area (Å²) in [6.45, 7) is 0. The molecule has 28 heavy (non-hydrogen) atoms. The minimum Gasteiger partial charge on any atom is -0.508 e. The van der Waals surface area contributed by atoms with Crippen molar-refractivity contribution in [1.82, 2.24) is 9.55 Å². The first-order valence-electron chi connectivity index (χ1n) is 8.79. The molecule has 5 heteroatoms. The zero-order valence-electron chi connectivity index (χ0n) is 15.2. The van der Waals surface area contributed by atoms with Gasteiger partial charge >= 0.3 is 0 Å². The van der Waals surface area contributed by atoms with Crippen molar-refractivity contribution in [2.75, 3.05) is 7.11 Å². The Labute approximate surface area is 161 Å². The van der Waals surface area contributed by atoms with Crippen LogP contribution in [0.4, 0.5) is 0 Å². The van der Waals surface area contributed by atoms with Gasteiger partial charge in [-0.25, -0.2) is 4.98 Å². The highest BCUT2D eigenvalue weighted by atomic mass is 16.5. The summed E-state index contributed by atoms with van der Waals surface area (Å²) >= 11 is 0. The highest BCUT2D eigenvalue weighted by Gasteiger charge is 2.11. The van der Waals surface area contributed by atoms with Crippen LogP contribution >= 0.6 is 0 Å². The second kappa shape index (κ2) is 7.40. The first kappa shape index (κ1) is 17.5. The summed E-state index contributed by atoms with van der Waals surface area (Å²) in [5, 5.41) is 10.4. The Hall–Kier alpha value is -3.86. The number of aromatic nitrogens is 2. The minimum atomic E-state index is -0.189. The number of rotatable bonds is 4. The topological polar surface area (TPSA) is 64.3 Å². The Morgan fingerprint density at radius 1 is 0.964 bits per heavy atom. The molecule has 0 aliphatic heterocycles. The molecule has 1 heterocycles. The van der Waals surface area contributed by atoms with E-state index in [2.05, 4.69) is 4.98 Å². The zero-order valence-corrected chi connectivity index (χ0v) is 15.2. The van der Waals surface area contributed by atoms with Gasteiger partial charge in [0.1, 0.15) is 17.3 Å². The molecule has 4 rings (SSSR count). The van der Waals surface area contributed by atoms with Crippen LogP contribution in [0.5, 0.6) is 11.5 Å². The molecular weight excluding hydrogens is 352 g/mol. The van der Waals surface area contributed by atoms with Crippen molar-refractivity contribution in [3.63, 3.8) is 0 Å². The van der Waals surface area contributed by atoms with Crippen LogP contribution in [-0.4, -0.2) is 21.8 Å². The van der Waals surface area contributed by atoms with Crippen molar-refractivity contribution in [2.45, 2.75) is 0 Å². The molecule has 0 unspecified atom stereocenters. The Bertz CT molecular complexity index is 1220. The van der Waals surface area contributed by atoms with E-state index in [0.717, 1.165) is 11.3 Å². The molecular formula is C23H18N2O3. The molecule has 0 atom stereocenters. The molecule has 0 spiro atoms. The average Bonchev–Trinajstić information content (AvgIpc) is 2.73. The fourth-order valence-electron chi connectivity index (χ4n) is 3.03. The number of fused-ring (bicyclic) bond motifs is 1. The molecule has 0 saturated heterocycles. The maximum absolute atomic E-state index is 13.1. The van der Waals surface area contributed by atoms with Crippen LogP contribution < -0.4 is 10.3 Å². The predicted octanol–water partition coefficient (Wildman–Crippen LogP) is 4.27. The quantitative estimate of drug-likeness (QED) is 0.583. The third kappa shape index (κ3) is 3.38. The normalized spacial score (nSPS) is 11.2. The fourth-order valence-corrected chi connectivity index (χ4v) is 3.03. The van der Waals surface area contributed by atoms with E-state index < -0.39 is 0 Å². The number of phenols is 1. The molecule has 0 amide bonds. The van der Waals surface area contributed by atoms with Gasteiger partial charge in [0.25, 0.3) is 5.56 Å². The first-order chi connectivity index (χ1) is 13.7. The van der Waals surface area contributed by atoms with Crippen molar-refractivity contribution in [2.24, 2.45) is 0 Å². The van der Waals surface area contributed by atoms with E-state index in [1.165, 1.54) is 4.57 Å². The summed E-state index contributed by atoms with van der Waals surface area (Å²) in [6.07, 6.45) is 3.68. The molecule has 138 valence electrons. The van der Waals surface area contributed by atoms with E-state index in [-0.39, 0.29) is 11.3 Å². The molecule has 1 aromatic heterocycles. The number of hydrogen-bond acceptors (Lipinski definition) is 4. The third-order valence-electron chi connectivity index (χ3n) is 4.43. The SMILES string of the molecule is COc1ccc(C=Cc2nc3ccccc3c(=O)n2-c2cccc(O)c2)cc1. The van der Waals surface area contributed by atoms with E-state index >= 15 is 0 Å². The standard InChI is InChI=1S/C23H18N2O3/c1-28-19-12-9-16(10-13-19)11-14-22-24-21-8-3-2-7-20(21)23(27)25(22)17-5-4-6-18(26)15-17/h2-15,26H,1H3. The van der Waals surface area contributed by atoms with Gasteiger partial charge < -0.3 is 9.84 Å². The number of phenolic OH excluding ortho intramolecular Hbond substituents is 1. The smallest absolute Gasteiger partial charge is 0.266 e. The van der Waals surface area contributed by atoms with E-state index in [0.29, 0.717) is 22.4 Å². The summed E-state index contributed by atoms with van der Waals surface area (Å²) < 4.78 is 6.68. The van der Waals surface area contributed by atoms with E-state index in [4.69, 9.17) is 4.74 Å². The second-order valence-corrected chi connectivity index (χ2v) is 6.25. The van der Waals surface area contributed by atoms with Gasteiger partial charge in [0.15, 0.2) is 0 Å². The number of methoxy groups -OCH3 is 1. The molecule has 3 aromatic carbocycles. The molecule has 0 fully saturated rings. The van der Waals surface area contributed by atoms with Gasteiger partial charge in [-0.3, -0.25) is 9.36 Å². The average molecular weight is 370 g/mol. The Balaban J connectivity index is 1.89. The monoisotopic (exact) mass is 370 g/mol. The van der Waals surface area contributed by atoms with Gasteiger partial charge in [-0.05, 0) is 48.0 Å². The minimum absolute atomic E-state index is 0.0858. The Kier molecular flexibility index (Phi) is 4.64. The first-order valence-corrected chi connectivity index (χ1v) is 8.79. The number of benzene rings is 3. The summed E-state index contributed by atoms with van der Waals surface area (Å²) in [5.74, 6) is 1.34. The van der Waals surface area contributed by atoms with Crippen LogP contribution in [-0.2, 0) is 0 Å². The zero-order chi connectivity index (χ0) is 19.5. The van der Waals surface area contributed by atoms with Crippen LogP contribution in [0.2, 0.25) is 0 Å². The summed E-state index contributed by atoms with van der Waals surface area (Å²) in [7, 11) is 1.62. The summed E-state index contributed by atoms with van der Waals surface area (Å²) in [4.78, 5) is 17.8. The largest absolute Gasteiger partial charge is 0.508 e. The van der Waals surface area contributed by atoms with Crippen molar-refractivity contribution in [3.05, 3.63) is 94.5 Å². The molecule has 0 aliphatic carbocycles. The van der Waals surface area contributed by atoms with Gasteiger partial charge in [0.05, 0.1) is 23.7 Å². The maximum Gasteiger partial charge on any atom is 0.266 e. The maximum atomic E-state index is 13.1. The lowest BCUT2D eigenvalue weighted by Gasteiger charge is -2.11. The van der Waals surface area contributed by atoms with Gasteiger partial charge in [-0.2, -0.15) is 0 Å². The van der Waals surface area contributed by atoms with Gasteiger partial charge in [0.2, 0.25) is 0 Å². The highest BCUT2D eigenvalue weighted by molar-refractivity contribution is 5.80. The van der Waals surface area contributed by atoms with Gasteiger partial charge in [-0.15, -0.1) is 0 Å². The van der Waals surface area contributed by atoms with Crippen molar-refractivity contribution in [1.29, 1.82) is 0 Å². The highest BCUT2D eigenvalue weighted by Crippen LogP contribution is 2.19. The third-order valence-corrected chi connectivity index (χ3v) is 4.43. The van der Waals surface area contributed by atoms with E-state index in [9.17, 15) is 9.90 Å². The second-order valence-electron chi connectivity index (χ2n) is 6.25. The fraction of sp³-hybridized carbons (Fsp3) is 0.0435. The molecule has 0 saturated carbocycles. The molecule has 0 bridgehead atoms. The lowest BCUT2D eigenvalue weighted by Crippen LogP contribution is -2.22. The van der Waals surface area contributed by atoms with Crippen LogP contribution in [0.3, 0.4) is 0 Å². The van der Waals surface area contributed by atoms with Crippen LogP contribution in [0, 0.1) is 0 Å². The van der Waals surface area contributed by atoms with E-state index in [1.54, 1.807) is 43.5 Å². The van der Waals surface area contributed by atoms with Gasteiger partial charge in [-0.1, -0.05) is 36.4 Å². The number of nitrogens with zero attached hydrogens (tertiary/aromatic N) is 2. The van der Waals surface area contributed by atoms with Gasteiger partial charge in [0, 0.05) is 6.07 Å². The molecule has 0 aliphatic rings. The Morgan fingerprint density at radius 2 is 1.75 bits per heavy atom. The van der Waals surface area contributed by atoms with Crippen molar-refractivity contribution < 1.29 is 9.84 Å². The lowest BCUT2D eigenvalue weighted by molar-refractivity contribution is 0.415. The number of ether oxygens (including phenoxy) is 1. The summed E-state index contributed by atoms with van der Waals surface area (Å²) in [6, 6.07) is 21.4. The molecule has 5 nitrogen and oxygen atoms in total. The van der Waals surface area contributed by atoms with Crippen LogP contribution in [0.1, 0.15) is 11.4 Å². The van der Waals surface area contributed by atoms with Crippen molar-refractivity contribution in [3.8, 4) is 17.2 Å². The van der Waals surface area contributed by atoms with Crippen LogP contribution in [0.15, 0.2) is 77.6 Å². The van der Waals surface area contributed by atoms with E-state index in [1.807, 2.05) is 48.5 Å². The predicted molar refractivity (Wildman–Crippen MR) is 111 cm³/mol. The number of para-hydroxylation sites is 1. The Morgan fingerprint density at radius 3 is 2.50 bits per heavy atom. The van der Waals surface area contributed by atoms with Crippen molar-refractivity contribution >= 4 is 23.1 Å². The van der Waals surface area contributed by atoms with Crippen LogP contribution in [0.25, 0.3) is 28.7 Å².